The number of aliphatic hydroxyl groups excluding tert-OH is 1. The van der Waals surface area contributed by atoms with Gasteiger partial charge < -0.3 is 10.4 Å². The molecule has 0 aliphatic heterocycles. The molecule has 0 saturated carbocycles. The minimum absolute atomic E-state index is 0.875. The van der Waals surface area contributed by atoms with Gasteiger partial charge in [0.05, 0.1) is 0 Å². The molecule has 0 fully saturated rings. The smallest absolute Gasteiger partial charge is 0.253 e. The number of alkyl halides is 4. The Kier molecular flexibility index (Phi) is 5.08. The van der Waals surface area contributed by atoms with Gasteiger partial charge in [0, 0.05) is 0 Å². The summed E-state index contributed by atoms with van der Waals surface area (Å²) in [5, 5.41) is 11.0. The van der Waals surface area contributed by atoms with E-state index < -0.39 is 21.0 Å². The monoisotopic (exact) mass is 355 g/mol. The second-order valence-corrected chi connectivity index (χ2v) is 8.59. The topological polar surface area (TPSA) is 49.3 Å². The molecule has 0 aromatic heterocycles. The van der Waals surface area contributed by atoms with Crippen molar-refractivity contribution in [1.82, 2.24) is 5.32 Å². The van der Waals surface area contributed by atoms with Gasteiger partial charge in [0.1, 0.15) is 0 Å². The molecule has 1 amide bonds. The van der Waals surface area contributed by atoms with E-state index in [1.165, 1.54) is 0 Å². The first kappa shape index (κ1) is 11.8. The molecule has 0 bridgehead atoms. The van der Waals surface area contributed by atoms with Crippen LogP contribution in [0, 0.1) is 0 Å². The van der Waals surface area contributed by atoms with E-state index in [4.69, 9.17) is 5.11 Å². The van der Waals surface area contributed by atoms with Crippen molar-refractivity contribution in [2.75, 3.05) is 6.67 Å². The summed E-state index contributed by atoms with van der Waals surface area (Å²) in [5.74, 6) is -0.875. The van der Waals surface area contributed by atoms with E-state index >= 15 is 0 Å². The molecule has 11 heavy (non-hydrogen) atoms. The Bertz CT molecular complexity index is 149. The number of aliphatic hydroxyl groups is 1. The van der Waals surface area contributed by atoms with Crippen molar-refractivity contribution in [3.63, 3.8) is 0 Å². The van der Waals surface area contributed by atoms with E-state index in [1.807, 2.05) is 5.32 Å². The standard InChI is InChI=1S/C4H5Br3FNO2/c5-4(6,7)3(11)9-2(10)1-8/h3,11H,1H2,(H,9,10)/t3-/m1/s1. The fourth-order valence-electron chi connectivity index (χ4n) is 0.273. The summed E-state index contributed by atoms with van der Waals surface area (Å²) in [6.07, 6.45) is -1.24. The maximum absolute atomic E-state index is 11.6. The summed E-state index contributed by atoms with van der Waals surface area (Å²) in [7, 11) is 0. The molecule has 0 heterocycles. The van der Waals surface area contributed by atoms with Gasteiger partial charge in [-0.25, -0.2) is 4.39 Å². The van der Waals surface area contributed by atoms with Gasteiger partial charge in [-0.1, -0.05) is 47.8 Å². The van der Waals surface area contributed by atoms with Crippen LogP contribution in [0.25, 0.3) is 0 Å². The first-order chi connectivity index (χ1) is 4.88. The first-order valence-corrected chi connectivity index (χ1v) is 4.86. The lowest BCUT2D eigenvalue weighted by Crippen LogP contribution is -2.43. The molecule has 2 N–H and O–H groups in total. The van der Waals surface area contributed by atoms with Crippen LogP contribution in [-0.2, 0) is 4.79 Å². The summed E-state index contributed by atoms with van der Waals surface area (Å²) in [6.45, 7) is -1.15. The Balaban J connectivity index is 3.87. The first-order valence-electron chi connectivity index (χ1n) is 2.48. The molecule has 0 aliphatic rings. The van der Waals surface area contributed by atoms with Crippen LogP contribution in [0.5, 0.6) is 0 Å². The Hall–Kier alpha value is 0.800. The van der Waals surface area contributed by atoms with Crippen LogP contribution in [0.3, 0.4) is 0 Å². The molecule has 0 spiro atoms. The van der Waals surface area contributed by atoms with Gasteiger partial charge >= 0.3 is 0 Å². The van der Waals surface area contributed by atoms with Crippen LogP contribution in [0.4, 0.5) is 4.39 Å². The third kappa shape index (κ3) is 5.10. The molecule has 0 radical (unpaired) electrons. The van der Waals surface area contributed by atoms with Crippen LogP contribution < -0.4 is 5.32 Å². The third-order valence-corrected chi connectivity index (χ3v) is 2.03. The van der Waals surface area contributed by atoms with Gasteiger partial charge in [0.25, 0.3) is 5.91 Å². The zero-order valence-electron chi connectivity index (χ0n) is 5.15. The number of hydrogen-bond acceptors (Lipinski definition) is 2. The second-order valence-electron chi connectivity index (χ2n) is 1.65. The zero-order valence-corrected chi connectivity index (χ0v) is 9.91. The molecule has 0 aromatic rings. The number of carbonyl (C=O) groups excluding carboxylic acids is 1. The van der Waals surface area contributed by atoms with Crippen molar-refractivity contribution in [2.45, 2.75) is 8.37 Å². The predicted molar refractivity (Wildman–Crippen MR) is 49.6 cm³/mol. The molecule has 0 aromatic carbocycles. The normalized spacial score (nSPS) is 14.3. The van der Waals surface area contributed by atoms with Crippen molar-refractivity contribution in [3.8, 4) is 0 Å². The van der Waals surface area contributed by atoms with Gasteiger partial charge in [0.15, 0.2) is 15.0 Å². The fourth-order valence-corrected chi connectivity index (χ4v) is 0.616. The highest BCUT2D eigenvalue weighted by atomic mass is 80.0. The zero-order chi connectivity index (χ0) is 9.07. The third-order valence-electron chi connectivity index (χ3n) is 0.729. The van der Waals surface area contributed by atoms with Gasteiger partial charge in [-0.05, 0) is 0 Å². The summed E-state index contributed by atoms with van der Waals surface area (Å²) in [6, 6.07) is 0. The average Bonchev–Trinajstić information content (AvgIpc) is 1.85. The number of rotatable bonds is 2. The number of hydrogen-bond donors (Lipinski definition) is 2. The van der Waals surface area contributed by atoms with Crippen LogP contribution in [-0.4, -0.2) is 26.1 Å². The molecule has 0 rings (SSSR count). The highest BCUT2D eigenvalue weighted by Crippen LogP contribution is 2.35. The summed E-state index contributed by atoms with van der Waals surface area (Å²) >= 11 is 8.84. The molecule has 0 saturated heterocycles. The highest BCUT2D eigenvalue weighted by Gasteiger charge is 2.29. The molecular weight excluding hydrogens is 353 g/mol. The number of amides is 1. The summed E-state index contributed by atoms with van der Waals surface area (Å²) < 4.78 is 10.6. The lowest BCUT2D eigenvalue weighted by Gasteiger charge is -2.20. The van der Waals surface area contributed by atoms with Gasteiger partial charge in [-0.15, -0.1) is 0 Å². The van der Waals surface area contributed by atoms with Crippen molar-refractivity contribution in [3.05, 3.63) is 0 Å². The molecule has 0 unspecified atom stereocenters. The minimum Gasteiger partial charge on any atom is -0.370 e. The maximum Gasteiger partial charge on any atom is 0.253 e. The lowest BCUT2D eigenvalue weighted by molar-refractivity contribution is -0.124. The van der Waals surface area contributed by atoms with E-state index in [0.29, 0.717) is 0 Å². The molecule has 3 nitrogen and oxygen atoms in total. The second kappa shape index (κ2) is 4.74. The Morgan fingerprint density at radius 1 is 1.64 bits per heavy atom. The quantitative estimate of drug-likeness (QED) is 0.577. The Labute approximate surface area is 88.1 Å². The molecule has 66 valence electrons. The Morgan fingerprint density at radius 3 is 2.36 bits per heavy atom. The minimum atomic E-state index is -1.24. The summed E-state index contributed by atoms with van der Waals surface area (Å²) in [5.41, 5.74) is 0. The van der Waals surface area contributed by atoms with E-state index in [1.54, 1.807) is 0 Å². The highest BCUT2D eigenvalue weighted by molar-refractivity contribution is 9.39. The number of nitrogens with one attached hydrogen (secondary N) is 1. The molecule has 0 aliphatic carbocycles. The number of carbonyl (C=O) groups is 1. The number of halogens is 4. The average molecular weight is 358 g/mol. The van der Waals surface area contributed by atoms with Crippen LogP contribution in [0.1, 0.15) is 0 Å². The van der Waals surface area contributed by atoms with E-state index in [2.05, 4.69) is 47.8 Å². The van der Waals surface area contributed by atoms with Crippen LogP contribution >= 0.6 is 47.8 Å². The van der Waals surface area contributed by atoms with Crippen molar-refractivity contribution >= 4 is 53.7 Å². The van der Waals surface area contributed by atoms with Gasteiger partial charge in [0.2, 0.25) is 0 Å². The van der Waals surface area contributed by atoms with Crippen molar-refractivity contribution in [2.24, 2.45) is 0 Å². The van der Waals surface area contributed by atoms with E-state index in [0.717, 1.165) is 0 Å². The summed E-state index contributed by atoms with van der Waals surface area (Å²) in [4.78, 5) is 10.4. The van der Waals surface area contributed by atoms with Crippen LogP contribution in [0.15, 0.2) is 0 Å². The van der Waals surface area contributed by atoms with E-state index in [-0.39, 0.29) is 0 Å². The molecular formula is C4H5Br3FNO2. The van der Waals surface area contributed by atoms with E-state index in [9.17, 15) is 9.18 Å². The largest absolute Gasteiger partial charge is 0.370 e. The van der Waals surface area contributed by atoms with Crippen molar-refractivity contribution < 1.29 is 14.3 Å². The van der Waals surface area contributed by atoms with Gasteiger partial charge in [-0.2, -0.15) is 0 Å². The molecule has 7 heteroatoms. The molecule has 1 atom stereocenters. The van der Waals surface area contributed by atoms with Crippen molar-refractivity contribution in [1.29, 1.82) is 0 Å². The fraction of sp³-hybridized carbons (Fsp3) is 0.750. The lowest BCUT2D eigenvalue weighted by atomic mass is 10.6. The SMILES string of the molecule is O=C(CF)N[C@H](O)C(Br)(Br)Br. The van der Waals surface area contributed by atoms with Gasteiger partial charge in [-0.3, -0.25) is 4.79 Å². The Morgan fingerprint density at radius 2 is 2.09 bits per heavy atom. The van der Waals surface area contributed by atoms with Crippen LogP contribution in [0.2, 0.25) is 0 Å². The predicted octanol–water partition coefficient (Wildman–Crippen LogP) is 1.23. The maximum atomic E-state index is 11.6.